The molecular weight excluding hydrogens is 475 g/mol. The van der Waals surface area contributed by atoms with Crippen molar-refractivity contribution in [1.29, 1.82) is 0 Å². The second kappa shape index (κ2) is 9.56. The van der Waals surface area contributed by atoms with E-state index in [2.05, 4.69) is 19.9 Å². The van der Waals surface area contributed by atoms with Crippen molar-refractivity contribution in [2.45, 2.75) is 43.9 Å². The van der Waals surface area contributed by atoms with Crippen LogP contribution < -0.4 is 10.0 Å². The van der Waals surface area contributed by atoms with Gasteiger partial charge in [0.2, 0.25) is 10.0 Å². The number of hydrogen-bond acceptors (Lipinski definition) is 3. The molecule has 1 heterocycles. The number of likely N-dealkylation sites (tertiary alicyclic amines) is 1. The molecule has 0 radical (unpaired) electrons. The quantitative estimate of drug-likeness (QED) is 0.279. The van der Waals surface area contributed by atoms with Gasteiger partial charge in [-0.25, -0.2) is 13.1 Å². The highest BCUT2D eigenvalue weighted by molar-refractivity contribution is 14.0. The first-order valence-corrected chi connectivity index (χ1v) is 10.9. The summed E-state index contributed by atoms with van der Waals surface area (Å²) in [5.74, 6) is 0.878. The van der Waals surface area contributed by atoms with Gasteiger partial charge in [0.25, 0.3) is 0 Å². The topological polar surface area (TPSA) is 73.8 Å². The van der Waals surface area contributed by atoms with Gasteiger partial charge < -0.3 is 10.2 Å². The molecule has 0 amide bonds. The highest BCUT2D eigenvalue weighted by atomic mass is 127. The third-order valence-corrected chi connectivity index (χ3v) is 7.12. The number of nitrogens with zero attached hydrogens (tertiary/aromatic N) is 2. The number of aryl methyl sites for hydroxylation is 1. The first kappa shape index (κ1) is 22.4. The van der Waals surface area contributed by atoms with Crippen molar-refractivity contribution in [1.82, 2.24) is 14.9 Å². The fourth-order valence-corrected chi connectivity index (χ4v) is 5.17. The molecule has 2 fully saturated rings. The molecule has 0 atom stereocenters. The number of sulfonamides is 1. The van der Waals surface area contributed by atoms with E-state index in [9.17, 15) is 8.42 Å². The van der Waals surface area contributed by atoms with Gasteiger partial charge >= 0.3 is 0 Å². The molecule has 1 spiro atoms. The average molecular weight is 506 g/mol. The Kier molecular flexibility index (Phi) is 7.94. The predicted molar refractivity (Wildman–Crippen MR) is 120 cm³/mol. The van der Waals surface area contributed by atoms with Crippen molar-refractivity contribution < 1.29 is 8.42 Å². The SMILES string of the molecule is CN=C(NCCNS(=O)(=O)c1ccc(C)cc1)N1CCC2(CCCC2)C1.I. The van der Waals surface area contributed by atoms with Gasteiger partial charge in [-0.15, -0.1) is 24.0 Å². The fraction of sp³-hybridized carbons (Fsp3) is 0.632. The lowest BCUT2D eigenvalue weighted by Gasteiger charge is -2.26. The molecule has 152 valence electrons. The molecule has 1 aromatic carbocycles. The third kappa shape index (κ3) is 5.57. The van der Waals surface area contributed by atoms with Crippen LogP contribution in [0.1, 0.15) is 37.7 Å². The summed E-state index contributed by atoms with van der Waals surface area (Å²) in [4.78, 5) is 7.00. The van der Waals surface area contributed by atoms with E-state index in [0.717, 1.165) is 24.6 Å². The summed E-state index contributed by atoms with van der Waals surface area (Å²) in [6, 6.07) is 6.88. The normalized spacial score (nSPS) is 19.3. The highest BCUT2D eigenvalue weighted by Gasteiger charge is 2.41. The largest absolute Gasteiger partial charge is 0.355 e. The second-order valence-corrected chi connectivity index (χ2v) is 9.33. The number of rotatable bonds is 5. The minimum atomic E-state index is -3.46. The molecule has 1 aliphatic carbocycles. The van der Waals surface area contributed by atoms with Crippen molar-refractivity contribution >= 4 is 40.0 Å². The Bertz CT molecular complexity index is 743. The van der Waals surface area contributed by atoms with Crippen molar-refractivity contribution in [2.24, 2.45) is 10.4 Å². The lowest BCUT2D eigenvalue weighted by molar-refractivity contribution is 0.309. The van der Waals surface area contributed by atoms with Gasteiger partial charge in [-0.05, 0) is 43.7 Å². The summed E-state index contributed by atoms with van der Waals surface area (Å²) in [6.45, 7) is 4.89. The average Bonchev–Trinajstić information content (AvgIpc) is 3.25. The maximum atomic E-state index is 12.3. The van der Waals surface area contributed by atoms with Gasteiger partial charge in [0.05, 0.1) is 4.90 Å². The zero-order chi connectivity index (χ0) is 18.6. The van der Waals surface area contributed by atoms with Crippen LogP contribution in [0.3, 0.4) is 0 Å². The molecule has 1 aromatic rings. The van der Waals surface area contributed by atoms with Crippen molar-refractivity contribution in [3.63, 3.8) is 0 Å². The molecule has 6 nitrogen and oxygen atoms in total. The van der Waals surface area contributed by atoms with Gasteiger partial charge in [0.15, 0.2) is 5.96 Å². The van der Waals surface area contributed by atoms with Gasteiger partial charge in [0, 0.05) is 33.2 Å². The molecule has 27 heavy (non-hydrogen) atoms. The molecule has 1 saturated heterocycles. The van der Waals surface area contributed by atoms with E-state index in [4.69, 9.17) is 0 Å². The number of benzene rings is 1. The van der Waals surface area contributed by atoms with Crippen LogP contribution in [0.4, 0.5) is 0 Å². The van der Waals surface area contributed by atoms with Crippen molar-refractivity contribution in [3.8, 4) is 0 Å². The summed E-state index contributed by atoms with van der Waals surface area (Å²) in [5, 5.41) is 3.30. The predicted octanol–water partition coefficient (Wildman–Crippen LogP) is 2.73. The maximum absolute atomic E-state index is 12.3. The minimum Gasteiger partial charge on any atom is -0.355 e. The van der Waals surface area contributed by atoms with Crippen molar-refractivity contribution in [2.75, 3.05) is 33.2 Å². The van der Waals surface area contributed by atoms with Crippen LogP contribution in [-0.2, 0) is 10.0 Å². The fourth-order valence-electron chi connectivity index (χ4n) is 4.14. The summed E-state index contributed by atoms with van der Waals surface area (Å²) in [6.07, 6.45) is 6.60. The van der Waals surface area contributed by atoms with Crippen LogP contribution in [0.15, 0.2) is 34.2 Å². The zero-order valence-corrected chi connectivity index (χ0v) is 19.3. The second-order valence-electron chi connectivity index (χ2n) is 7.56. The Morgan fingerprint density at radius 1 is 1.15 bits per heavy atom. The Morgan fingerprint density at radius 2 is 1.81 bits per heavy atom. The van der Waals surface area contributed by atoms with Gasteiger partial charge in [-0.2, -0.15) is 0 Å². The van der Waals surface area contributed by atoms with Crippen LogP contribution >= 0.6 is 24.0 Å². The molecule has 1 saturated carbocycles. The zero-order valence-electron chi connectivity index (χ0n) is 16.2. The summed E-state index contributed by atoms with van der Waals surface area (Å²) in [7, 11) is -1.67. The molecule has 0 unspecified atom stereocenters. The monoisotopic (exact) mass is 506 g/mol. The van der Waals surface area contributed by atoms with E-state index in [1.165, 1.54) is 32.1 Å². The number of aliphatic imine (C=N–C) groups is 1. The lowest BCUT2D eigenvalue weighted by Crippen LogP contribution is -2.43. The van der Waals surface area contributed by atoms with Crippen LogP contribution in [-0.4, -0.2) is 52.5 Å². The first-order valence-electron chi connectivity index (χ1n) is 9.46. The summed E-state index contributed by atoms with van der Waals surface area (Å²) >= 11 is 0. The lowest BCUT2D eigenvalue weighted by atomic mass is 9.86. The highest BCUT2D eigenvalue weighted by Crippen LogP contribution is 2.45. The van der Waals surface area contributed by atoms with Crippen LogP contribution in [0.5, 0.6) is 0 Å². The van der Waals surface area contributed by atoms with E-state index < -0.39 is 10.0 Å². The third-order valence-electron chi connectivity index (χ3n) is 5.65. The number of guanidine groups is 1. The maximum Gasteiger partial charge on any atom is 0.240 e. The van der Waals surface area contributed by atoms with E-state index in [1.807, 2.05) is 6.92 Å². The van der Waals surface area contributed by atoms with Crippen LogP contribution in [0.2, 0.25) is 0 Å². The van der Waals surface area contributed by atoms with E-state index in [0.29, 0.717) is 23.4 Å². The Hall–Kier alpha value is -0.870. The van der Waals surface area contributed by atoms with Crippen LogP contribution in [0.25, 0.3) is 0 Å². The molecule has 2 N–H and O–H groups in total. The standard InChI is InChI=1S/C19H30N4O2S.HI/c1-16-5-7-17(8-6-16)26(24,25)22-13-12-21-18(20-2)23-14-11-19(15-23)9-3-4-10-19;/h5-8,22H,3-4,9-15H2,1-2H3,(H,20,21);1H. The minimum absolute atomic E-state index is 0. The molecule has 0 aromatic heterocycles. The molecule has 0 bridgehead atoms. The van der Waals surface area contributed by atoms with Gasteiger partial charge in [-0.3, -0.25) is 4.99 Å². The number of halogens is 1. The molecule has 2 aliphatic rings. The molecule has 1 aliphatic heterocycles. The van der Waals surface area contributed by atoms with E-state index >= 15 is 0 Å². The Morgan fingerprint density at radius 3 is 2.44 bits per heavy atom. The van der Waals surface area contributed by atoms with E-state index in [-0.39, 0.29) is 24.0 Å². The van der Waals surface area contributed by atoms with Crippen molar-refractivity contribution in [3.05, 3.63) is 29.8 Å². The smallest absolute Gasteiger partial charge is 0.240 e. The molecule has 8 heteroatoms. The van der Waals surface area contributed by atoms with Crippen LogP contribution in [0, 0.1) is 12.3 Å². The molecular formula is C19H31IN4O2S. The Balaban J connectivity index is 0.00000261. The van der Waals surface area contributed by atoms with E-state index in [1.54, 1.807) is 31.3 Å². The summed E-state index contributed by atoms with van der Waals surface area (Å²) in [5.41, 5.74) is 1.53. The first-order chi connectivity index (χ1) is 12.4. The molecule has 3 rings (SSSR count). The number of nitrogens with one attached hydrogen (secondary N) is 2. The van der Waals surface area contributed by atoms with Gasteiger partial charge in [-0.1, -0.05) is 30.5 Å². The van der Waals surface area contributed by atoms with Gasteiger partial charge in [0.1, 0.15) is 0 Å². The summed E-state index contributed by atoms with van der Waals surface area (Å²) < 4.78 is 27.3. The number of hydrogen-bond donors (Lipinski definition) is 2. The Labute approximate surface area is 180 Å².